The molecule has 0 amide bonds. The molecule has 2 rings (SSSR count). The van der Waals surface area contributed by atoms with Gasteiger partial charge in [0.1, 0.15) is 12.4 Å². The maximum Gasteiger partial charge on any atom is 0.205 e. The molecule has 0 aliphatic carbocycles. The van der Waals surface area contributed by atoms with E-state index in [0.29, 0.717) is 6.54 Å². The van der Waals surface area contributed by atoms with Gasteiger partial charge in [-0.05, 0) is 6.92 Å². The maximum atomic E-state index is 5.29. The highest BCUT2D eigenvalue weighted by atomic mass is 127. The second kappa shape index (κ2) is 9.84. The van der Waals surface area contributed by atoms with E-state index in [-0.39, 0.29) is 24.0 Å². The highest BCUT2D eigenvalue weighted by molar-refractivity contribution is 14.0. The molecule has 0 bridgehead atoms. The first kappa shape index (κ1) is 19.0. The fourth-order valence-corrected chi connectivity index (χ4v) is 2.97. The standard InChI is InChI=1S/C14H22N6S.HI/c1-4-7-16-13(15-6-3)19-8-10-20(11-9-19)14-17-12(5-2)18-21-14;/h1H,5-11H2,2-3H3,(H,15,16);1H. The van der Waals surface area contributed by atoms with Crippen LogP contribution in [0.1, 0.15) is 19.7 Å². The summed E-state index contributed by atoms with van der Waals surface area (Å²) in [4.78, 5) is 13.5. The van der Waals surface area contributed by atoms with Crippen molar-refractivity contribution in [2.75, 3.05) is 44.2 Å². The van der Waals surface area contributed by atoms with Crippen LogP contribution in [0.15, 0.2) is 4.99 Å². The van der Waals surface area contributed by atoms with Gasteiger partial charge >= 0.3 is 0 Å². The largest absolute Gasteiger partial charge is 0.356 e. The molecule has 6 nitrogen and oxygen atoms in total. The van der Waals surface area contributed by atoms with Gasteiger partial charge in [-0.3, -0.25) is 0 Å². The lowest BCUT2D eigenvalue weighted by Gasteiger charge is -2.36. The third-order valence-electron chi connectivity index (χ3n) is 3.28. The molecule has 1 N–H and O–H groups in total. The van der Waals surface area contributed by atoms with Gasteiger partial charge in [-0.2, -0.15) is 4.37 Å². The first-order valence-corrected chi connectivity index (χ1v) is 8.10. The fourth-order valence-electron chi connectivity index (χ4n) is 2.17. The van der Waals surface area contributed by atoms with Crippen molar-refractivity contribution in [1.82, 2.24) is 19.6 Å². The van der Waals surface area contributed by atoms with Crippen LogP contribution in [-0.4, -0.2) is 59.5 Å². The van der Waals surface area contributed by atoms with Crippen LogP contribution in [0.25, 0.3) is 0 Å². The summed E-state index contributed by atoms with van der Waals surface area (Å²) in [6.07, 6.45) is 6.18. The molecule has 2 heterocycles. The van der Waals surface area contributed by atoms with Gasteiger partial charge in [0.25, 0.3) is 0 Å². The van der Waals surface area contributed by atoms with Crippen LogP contribution < -0.4 is 10.2 Å². The Bertz CT molecular complexity index is 516. The van der Waals surface area contributed by atoms with Gasteiger partial charge in [-0.1, -0.05) is 12.8 Å². The van der Waals surface area contributed by atoms with Gasteiger partial charge in [-0.25, -0.2) is 9.98 Å². The molecule has 0 saturated carbocycles. The molecule has 1 aliphatic rings. The number of anilines is 1. The number of aromatic nitrogens is 2. The van der Waals surface area contributed by atoms with Crippen LogP contribution >= 0.6 is 35.5 Å². The Morgan fingerprint density at radius 3 is 2.64 bits per heavy atom. The smallest absolute Gasteiger partial charge is 0.205 e. The number of aryl methyl sites for hydroxylation is 1. The van der Waals surface area contributed by atoms with Crippen molar-refractivity contribution in [2.24, 2.45) is 4.99 Å². The summed E-state index contributed by atoms with van der Waals surface area (Å²) < 4.78 is 4.35. The van der Waals surface area contributed by atoms with Crippen LogP contribution in [0, 0.1) is 12.3 Å². The molecule has 0 unspecified atom stereocenters. The SMILES string of the molecule is C#CCN=C(NCC)N1CCN(c2nc(CC)ns2)CC1.I. The Labute approximate surface area is 153 Å². The molecular weight excluding hydrogens is 411 g/mol. The summed E-state index contributed by atoms with van der Waals surface area (Å²) in [5, 5.41) is 4.32. The number of nitrogens with one attached hydrogen (secondary N) is 1. The Balaban J connectivity index is 0.00000242. The zero-order valence-corrected chi connectivity index (χ0v) is 16.2. The topological polar surface area (TPSA) is 56.7 Å². The molecule has 22 heavy (non-hydrogen) atoms. The predicted octanol–water partition coefficient (Wildman–Crippen LogP) is 1.44. The number of hydrogen-bond acceptors (Lipinski definition) is 5. The summed E-state index contributed by atoms with van der Waals surface area (Å²) in [7, 11) is 0. The van der Waals surface area contributed by atoms with E-state index in [4.69, 9.17) is 6.42 Å². The Morgan fingerprint density at radius 2 is 2.09 bits per heavy atom. The molecule has 0 aromatic carbocycles. The number of piperazine rings is 1. The molecule has 1 saturated heterocycles. The quantitative estimate of drug-likeness (QED) is 0.337. The zero-order valence-electron chi connectivity index (χ0n) is 13.1. The summed E-state index contributed by atoms with van der Waals surface area (Å²) in [6.45, 7) is 9.09. The van der Waals surface area contributed by atoms with Gasteiger partial charge in [0.05, 0.1) is 0 Å². The van der Waals surface area contributed by atoms with Crippen LogP contribution in [0.5, 0.6) is 0 Å². The molecule has 0 atom stereocenters. The van der Waals surface area contributed by atoms with E-state index in [1.165, 1.54) is 11.5 Å². The van der Waals surface area contributed by atoms with Crippen molar-refractivity contribution in [3.63, 3.8) is 0 Å². The fraction of sp³-hybridized carbons (Fsp3) is 0.643. The first-order valence-electron chi connectivity index (χ1n) is 7.32. The first-order chi connectivity index (χ1) is 10.3. The van der Waals surface area contributed by atoms with E-state index in [1.807, 2.05) is 0 Å². The average molecular weight is 434 g/mol. The van der Waals surface area contributed by atoms with Crippen LogP contribution in [0.2, 0.25) is 0 Å². The Morgan fingerprint density at radius 1 is 1.36 bits per heavy atom. The van der Waals surface area contributed by atoms with E-state index in [2.05, 4.69) is 49.2 Å². The zero-order chi connectivity index (χ0) is 15.1. The van der Waals surface area contributed by atoms with Crippen LogP contribution in [0.3, 0.4) is 0 Å². The lowest BCUT2D eigenvalue weighted by Crippen LogP contribution is -2.52. The highest BCUT2D eigenvalue weighted by Crippen LogP contribution is 2.19. The number of hydrogen-bond donors (Lipinski definition) is 1. The van der Waals surface area contributed by atoms with E-state index in [1.54, 1.807) is 0 Å². The van der Waals surface area contributed by atoms with E-state index >= 15 is 0 Å². The van der Waals surface area contributed by atoms with Crippen molar-refractivity contribution in [2.45, 2.75) is 20.3 Å². The van der Waals surface area contributed by atoms with Crippen molar-refractivity contribution in [3.8, 4) is 12.3 Å². The van der Waals surface area contributed by atoms with Crippen LogP contribution in [0.4, 0.5) is 5.13 Å². The molecule has 0 radical (unpaired) electrons. The lowest BCUT2D eigenvalue weighted by atomic mass is 10.3. The van der Waals surface area contributed by atoms with E-state index in [9.17, 15) is 0 Å². The predicted molar refractivity (Wildman–Crippen MR) is 103 cm³/mol. The van der Waals surface area contributed by atoms with Crippen molar-refractivity contribution >= 4 is 46.6 Å². The molecule has 8 heteroatoms. The minimum atomic E-state index is 0. The summed E-state index contributed by atoms with van der Waals surface area (Å²) in [6, 6.07) is 0. The Kier molecular flexibility index (Phi) is 8.48. The number of nitrogens with zero attached hydrogens (tertiary/aromatic N) is 5. The van der Waals surface area contributed by atoms with Crippen molar-refractivity contribution in [1.29, 1.82) is 0 Å². The minimum Gasteiger partial charge on any atom is -0.356 e. The number of aliphatic imine (C=N–C) groups is 1. The monoisotopic (exact) mass is 434 g/mol. The highest BCUT2D eigenvalue weighted by Gasteiger charge is 2.21. The summed E-state index contributed by atoms with van der Waals surface area (Å²) in [5.41, 5.74) is 0. The summed E-state index contributed by atoms with van der Waals surface area (Å²) in [5.74, 6) is 4.39. The molecule has 1 fully saturated rings. The molecule has 1 aromatic heterocycles. The summed E-state index contributed by atoms with van der Waals surface area (Å²) >= 11 is 1.49. The second-order valence-electron chi connectivity index (χ2n) is 4.70. The van der Waals surface area contributed by atoms with Crippen molar-refractivity contribution in [3.05, 3.63) is 5.82 Å². The number of guanidine groups is 1. The average Bonchev–Trinajstić information content (AvgIpc) is 3.01. The number of rotatable bonds is 4. The Hall–Kier alpha value is -1.08. The molecular formula is C14H23IN6S. The van der Waals surface area contributed by atoms with Gasteiger partial charge in [0.15, 0.2) is 5.96 Å². The molecule has 1 aliphatic heterocycles. The van der Waals surface area contributed by atoms with E-state index in [0.717, 1.165) is 56.1 Å². The number of halogens is 1. The molecule has 1 aromatic rings. The minimum absolute atomic E-state index is 0. The van der Waals surface area contributed by atoms with Gasteiger partial charge in [0.2, 0.25) is 5.13 Å². The van der Waals surface area contributed by atoms with Crippen LogP contribution in [-0.2, 0) is 6.42 Å². The third kappa shape index (κ3) is 4.98. The van der Waals surface area contributed by atoms with E-state index < -0.39 is 0 Å². The normalized spacial score (nSPS) is 15.2. The molecule has 122 valence electrons. The van der Waals surface area contributed by atoms with Gasteiger partial charge < -0.3 is 15.1 Å². The van der Waals surface area contributed by atoms with Gasteiger partial charge in [-0.15, -0.1) is 30.4 Å². The lowest BCUT2D eigenvalue weighted by molar-refractivity contribution is 0.373. The second-order valence-corrected chi connectivity index (χ2v) is 5.43. The van der Waals surface area contributed by atoms with Gasteiger partial charge in [0, 0.05) is 50.7 Å². The molecule has 0 spiro atoms. The number of terminal acetylenes is 1. The third-order valence-corrected chi connectivity index (χ3v) is 4.09. The maximum absolute atomic E-state index is 5.29. The van der Waals surface area contributed by atoms with Crippen molar-refractivity contribution < 1.29 is 0 Å².